The number of ether oxygens (including phenoxy) is 2. The molecule has 1 aliphatic rings. The molecule has 6 heteroatoms. The molecule has 1 heterocycles. The van der Waals surface area contributed by atoms with Crippen molar-refractivity contribution in [2.75, 3.05) is 13.2 Å². The number of nitrogens with one attached hydrogen (secondary N) is 1. The summed E-state index contributed by atoms with van der Waals surface area (Å²) in [5, 5.41) is 3.07. The number of piperidine rings is 1. The molecule has 6 nitrogen and oxygen atoms in total. The van der Waals surface area contributed by atoms with Crippen molar-refractivity contribution >= 4 is 17.7 Å². The first-order valence-electron chi connectivity index (χ1n) is 6.57. The second kappa shape index (κ2) is 6.65. The van der Waals surface area contributed by atoms with E-state index in [0.717, 1.165) is 0 Å². The van der Waals surface area contributed by atoms with Gasteiger partial charge in [-0.3, -0.25) is 14.4 Å². The Bertz CT molecular complexity index is 336. The molecule has 1 rings (SSSR count). The summed E-state index contributed by atoms with van der Waals surface area (Å²) in [7, 11) is 0. The number of ketones is 1. The zero-order chi connectivity index (χ0) is 14.6. The van der Waals surface area contributed by atoms with Crippen LogP contribution in [0.1, 0.15) is 27.7 Å². The molecule has 0 aromatic heterocycles. The molecule has 0 bridgehead atoms. The van der Waals surface area contributed by atoms with E-state index in [2.05, 4.69) is 5.32 Å². The fraction of sp³-hybridized carbons (Fsp3) is 0.769. The van der Waals surface area contributed by atoms with E-state index >= 15 is 0 Å². The van der Waals surface area contributed by atoms with E-state index in [1.807, 2.05) is 0 Å². The second-order valence-electron chi connectivity index (χ2n) is 4.61. The van der Waals surface area contributed by atoms with Gasteiger partial charge in [-0.05, 0) is 27.7 Å². The number of carbonyl (C=O) groups is 3. The number of hydrogen-bond acceptors (Lipinski definition) is 6. The molecule has 0 radical (unpaired) electrons. The average molecular weight is 271 g/mol. The van der Waals surface area contributed by atoms with Gasteiger partial charge >= 0.3 is 11.9 Å². The Balaban J connectivity index is 2.92. The second-order valence-corrected chi connectivity index (χ2v) is 4.61. The molecule has 4 atom stereocenters. The smallest absolute Gasteiger partial charge is 0.318 e. The number of rotatable bonds is 4. The van der Waals surface area contributed by atoms with Crippen LogP contribution in [-0.2, 0) is 23.9 Å². The normalized spacial score (nSPS) is 30.8. The molecule has 0 aromatic rings. The van der Waals surface area contributed by atoms with Crippen molar-refractivity contribution in [3.8, 4) is 0 Å². The lowest BCUT2D eigenvalue weighted by Crippen LogP contribution is -2.60. The van der Waals surface area contributed by atoms with Gasteiger partial charge in [0.15, 0.2) is 5.78 Å². The quantitative estimate of drug-likeness (QED) is 0.585. The molecular formula is C13H21NO5. The minimum absolute atomic E-state index is 0.203. The lowest BCUT2D eigenvalue weighted by molar-refractivity contribution is -0.161. The number of esters is 2. The maximum Gasteiger partial charge on any atom is 0.318 e. The van der Waals surface area contributed by atoms with Crippen molar-refractivity contribution < 1.29 is 23.9 Å². The van der Waals surface area contributed by atoms with Crippen molar-refractivity contribution in [1.29, 1.82) is 0 Å². The first-order valence-corrected chi connectivity index (χ1v) is 6.57. The van der Waals surface area contributed by atoms with Crippen LogP contribution in [0.25, 0.3) is 0 Å². The Labute approximate surface area is 112 Å². The largest absolute Gasteiger partial charge is 0.465 e. The van der Waals surface area contributed by atoms with E-state index in [4.69, 9.17) is 9.47 Å². The van der Waals surface area contributed by atoms with Gasteiger partial charge in [-0.25, -0.2) is 0 Å². The minimum Gasteiger partial charge on any atom is -0.465 e. The molecule has 1 saturated heterocycles. The Kier molecular flexibility index (Phi) is 5.47. The molecule has 0 spiro atoms. The summed E-state index contributed by atoms with van der Waals surface area (Å²) >= 11 is 0. The van der Waals surface area contributed by atoms with Gasteiger partial charge in [0.05, 0.1) is 13.2 Å². The van der Waals surface area contributed by atoms with Gasteiger partial charge in [0.25, 0.3) is 0 Å². The molecule has 0 saturated carbocycles. The first kappa shape index (κ1) is 15.6. The van der Waals surface area contributed by atoms with Gasteiger partial charge in [-0.15, -0.1) is 0 Å². The zero-order valence-corrected chi connectivity index (χ0v) is 11.8. The molecule has 19 heavy (non-hydrogen) atoms. The van der Waals surface area contributed by atoms with Gasteiger partial charge in [-0.2, -0.15) is 0 Å². The Hall–Kier alpha value is -1.43. The van der Waals surface area contributed by atoms with Crippen LogP contribution in [0, 0.1) is 11.8 Å². The highest BCUT2D eigenvalue weighted by Crippen LogP contribution is 2.24. The molecule has 4 unspecified atom stereocenters. The van der Waals surface area contributed by atoms with Crippen LogP contribution in [-0.4, -0.2) is 43.0 Å². The van der Waals surface area contributed by atoms with Crippen LogP contribution < -0.4 is 5.32 Å². The van der Waals surface area contributed by atoms with E-state index in [1.54, 1.807) is 27.7 Å². The number of carbonyl (C=O) groups excluding carboxylic acids is 3. The zero-order valence-electron chi connectivity index (χ0n) is 11.8. The number of Topliss-reactive ketones (excluding diaryl/α,β-unsaturated/α-hetero) is 1. The highest BCUT2D eigenvalue weighted by atomic mass is 16.5. The molecule has 0 aromatic carbocycles. The van der Waals surface area contributed by atoms with Crippen LogP contribution in [0.2, 0.25) is 0 Å². The molecule has 1 N–H and O–H groups in total. The summed E-state index contributed by atoms with van der Waals surface area (Å²) in [5.74, 6) is -3.51. The molecule has 0 amide bonds. The molecule has 108 valence electrons. The molecule has 1 aliphatic heterocycles. The van der Waals surface area contributed by atoms with E-state index < -0.39 is 29.6 Å². The fourth-order valence-corrected chi connectivity index (χ4v) is 2.40. The Morgan fingerprint density at radius 2 is 1.37 bits per heavy atom. The van der Waals surface area contributed by atoms with Gasteiger partial charge in [0.2, 0.25) is 0 Å². The van der Waals surface area contributed by atoms with Crippen LogP contribution >= 0.6 is 0 Å². The summed E-state index contributed by atoms with van der Waals surface area (Å²) in [6, 6.07) is -0.709. The summed E-state index contributed by atoms with van der Waals surface area (Å²) in [6.45, 7) is 7.22. The predicted octanol–water partition coefficient (Wildman–Crippen LogP) is 0.294. The van der Waals surface area contributed by atoms with Crippen molar-refractivity contribution in [2.24, 2.45) is 11.8 Å². The van der Waals surface area contributed by atoms with Crippen LogP contribution in [0.3, 0.4) is 0 Å². The van der Waals surface area contributed by atoms with Gasteiger partial charge in [-0.1, -0.05) is 0 Å². The molecule has 0 aliphatic carbocycles. The molecular weight excluding hydrogens is 250 g/mol. The van der Waals surface area contributed by atoms with Gasteiger partial charge in [0, 0.05) is 12.1 Å². The summed E-state index contributed by atoms with van der Waals surface area (Å²) < 4.78 is 9.79. The van der Waals surface area contributed by atoms with Crippen LogP contribution in [0.5, 0.6) is 0 Å². The van der Waals surface area contributed by atoms with E-state index in [-0.39, 0.29) is 25.3 Å². The standard InChI is InChI=1S/C13H21NO5/c1-5-18-12(16)9-7(3)14-8(4)10(11(9)15)13(17)19-6-2/h7-10,14H,5-6H2,1-4H3. The predicted molar refractivity (Wildman–Crippen MR) is 67.3 cm³/mol. The van der Waals surface area contributed by atoms with Crippen molar-refractivity contribution in [3.05, 3.63) is 0 Å². The van der Waals surface area contributed by atoms with Gasteiger partial charge in [0.1, 0.15) is 11.8 Å². The topological polar surface area (TPSA) is 81.7 Å². The summed E-state index contributed by atoms with van der Waals surface area (Å²) in [5.41, 5.74) is 0. The Morgan fingerprint density at radius 1 is 1.00 bits per heavy atom. The third-order valence-corrected chi connectivity index (χ3v) is 3.22. The highest BCUT2D eigenvalue weighted by Gasteiger charge is 2.48. The third-order valence-electron chi connectivity index (χ3n) is 3.22. The van der Waals surface area contributed by atoms with Crippen molar-refractivity contribution in [2.45, 2.75) is 39.8 Å². The monoisotopic (exact) mass is 271 g/mol. The minimum atomic E-state index is -0.953. The van der Waals surface area contributed by atoms with Crippen molar-refractivity contribution in [1.82, 2.24) is 5.32 Å². The first-order chi connectivity index (χ1) is 8.93. The van der Waals surface area contributed by atoms with Crippen LogP contribution in [0.15, 0.2) is 0 Å². The molecule has 1 fully saturated rings. The van der Waals surface area contributed by atoms with Crippen molar-refractivity contribution in [3.63, 3.8) is 0 Å². The summed E-state index contributed by atoms with van der Waals surface area (Å²) in [6.07, 6.45) is 0. The highest BCUT2D eigenvalue weighted by molar-refractivity contribution is 6.10. The lowest BCUT2D eigenvalue weighted by Gasteiger charge is -2.36. The number of hydrogen-bond donors (Lipinski definition) is 1. The SMILES string of the molecule is CCOC(=O)C1C(=O)C(C(=O)OCC)C(C)NC1C. The maximum atomic E-state index is 12.3. The van der Waals surface area contributed by atoms with E-state index in [1.165, 1.54) is 0 Å². The van der Waals surface area contributed by atoms with Gasteiger partial charge < -0.3 is 14.8 Å². The maximum absolute atomic E-state index is 12.3. The van der Waals surface area contributed by atoms with E-state index in [0.29, 0.717) is 0 Å². The van der Waals surface area contributed by atoms with Crippen LogP contribution in [0.4, 0.5) is 0 Å². The third kappa shape index (κ3) is 3.32. The Morgan fingerprint density at radius 3 is 1.68 bits per heavy atom. The van der Waals surface area contributed by atoms with E-state index in [9.17, 15) is 14.4 Å². The lowest BCUT2D eigenvalue weighted by atomic mass is 9.79. The fourth-order valence-electron chi connectivity index (χ4n) is 2.40. The average Bonchev–Trinajstić information content (AvgIpc) is 2.28. The summed E-state index contributed by atoms with van der Waals surface area (Å²) in [4.78, 5) is 36.0.